The third kappa shape index (κ3) is 3.66. The van der Waals surface area contributed by atoms with E-state index < -0.39 is 0 Å². The summed E-state index contributed by atoms with van der Waals surface area (Å²) in [7, 11) is 0. The first-order valence-electron chi connectivity index (χ1n) is 8.08. The van der Waals surface area contributed by atoms with Crippen LogP contribution in [0.3, 0.4) is 0 Å². The molecular formula is C19H15ClN4OS. The van der Waals surface area contributed by atoms with Gasteiger partial charge in [-0.05, 0) is 17.2 Å². The first-order chi connectivity index (χ1) is 12.7. The maximum atomic E-state index is 12.4. The lowest BCUT2D eigenvalue weighted by molar-refractivity contribution is 0.841. The minimum absolute atomic E-state index is 0.168. The third-order valence-electron chi connectivity index (χ3n) is 3.91. The number of fused-ring (bicyclic) bond motifs is 1. The largest absolute Gasteiger partial charge is 0.274 e. The highest BCUT2D eigenvalue weighted by Gasteiger charge is 2.10. The molecule has 26 heavy (non-hydrogen) atoms. The fraction of sp³-hybridized carbons (Fsp3) is 0.105. The topological polar surface area (TPSA) is 63.0 Å². The van der Waals surface area contributed by atoms with Crippen LogP contribution in [0.1, 0.15) is 16.8 Å². The van der Waals surface area contributed by atoms with Crippen LogP contribution in [0.5, 0.6) is 0 Å². The summed E-state index contributed by atoms with van der Waals surface area (Å²) in [6, 6.07) is 19.2. The van der Waals surface area contributed by atoms with Crippen molar-refractivity contribution in [3.05, 3.63) is 92.9 Å². The van der Waals surface area contributed by atoms with Gasteiger partial charge in [0.2, 0.25) is 0 Å². The summed E-state index contributed by atoms with van der Waals surface area (Å²) in [5.74, 6) is 1.04. The quantitative estimate of drug-likeness (QED) is 0.531. The molecular weight excluding hydrogens is 368 g/mol. The molecule has 7 heteroatoms. The minimum atomic E-state index is -0.168. The van der Waals surface area contributed by atoms with E-state index in [1.807, 2.05) is 54.6 Å². The summed E-state index contributed by atoms with van der Waals surface area (Å²) >= 11 is 7.66. The van der Waals surface area contributed by atoms with Crippen LogP contribution in [0.2, 0.25) is 5.02 Å². The van der Waals surface area contributed by atoms with Gasteiger partial charge in [-0.1, -0.05) is 71.9 Å². The zero-order chi connectivity index (χ0) is 17.9. The third-order valence-corrected chi connectivity index (χ3v) is 5.19. The molecule has 0 unspecified atom stereocenters. The number of nitrogens with zero attached hydrogens (tertiary/aromatic N) is 3. The van der Waals surface area contributed by atoms with Crippen LogP contribution in [0, 0.1) is 0 Å². The van der Waals surface area contributed by atoms with Gasteiger partial charge >= 0.3 is 0 Å². The molecule has 0 fully saturated rings. The second-order valence-electron chi connectivity index (χ2n) is 5.79. The highest BCUT2D eigenvalue weighted by atomic mass is 35.5. The van der Waals surface area contributed by atoms with Crippen LogP contribution in [0.15, 0.2) is 70.6 Å². The maximum absolute atomic E-state index is 12.4. The van der Waals surface area contributed by atoms with Gasteiger partial charge in [0.05, 0.1) is 5.69 Å². The van der Waals surface area contributed by atoms with Crippen molar-refractivity contribution in [2.24, 2.45) is 0 Å². The Labute approximate surface area is 159 Å². The Morgan fingerprint density at radius 2 is 1.81 bits per heavy atom. The van der Waals surface area contributed by atoms with E-state index in [1.165, 1.54) is 16.3 Å². The normalized spacial score (nSPS) is 11.1. The van der Waals surface area contributed by atoms with E-state index in [9.17, 15) is 4.79 Å². The van der Waals surface area contributed by atoms with Gasteiger partial charge in [0, 0.05) is 23.3 Å². The minimum Gasteiger partial charge on any atom is -0.267 e. The molecule has 0 radical (unpaired) electrons. The highest BCUT2D eigenvalue weighted by Crippen LogP contribution is 2.24. The lowest BCUT2D eigenvalue weighted by Crippen LogP contribution is -2.15. The van der Waals surface area contributed by atoms with Crippen LogP contribution >= 0.6 is 23.4 Å². The first-order valence-corrected chi connectivity index (χ1v) is 9.44. The van der Waals surface area contributed by atoms with Crippen molar-refractivity contribution in [3.8, 4) is 0 Å². The summed E-state index contributed by atoms with van der Waals surface area (Å²) in [5, 5.41) is 4.35. The fourth-order valence-corrected chi connectivity index (χ4v) is 3.76. The van der Waals surface area contributed by atoms with Gasteiger partial charge in [0.25, 0.3) is 11.3 Å². The summed E-state index contributed by atoms with van der Waals surface area (Å²) < 4.78 is 1.36. The van der Waals surface area contributed by atoms with Gasteiger partial charge in [0.15, 0.2) is 5.16 Å². The number of thioether (sulfide) groups is 1. The molecule has 2 aromatic heterocycles. The molecule has 0 aliphatic rings. The monoisotopic (exact) mass is 382 g/mol. The van der Waals surface area contributed by atoms with Gasteiger partial charge in [-0.2, -0.15) is 9.50 Å². The standard InChI is InChI=1S/C19H15ClN4OS/c20-16-9-5-4-8-14(16)12-26-19-22-18-21-15(11-17(25)24(18)23-19)10-13-6-2-1-3-7-13/h1-9,11H,10,12H2,(H,21,22,23). The van der Waals surface area contributed by atoms with E-state index >= 15 is 0 Å². The molecule has 0 spiro atoms. The number of halogens is 1. The van der Waals surface area contributed by atoms with E-state index in [0.29, 0.717) is 28.8 Å². The number of nitrogens with one attached hydrogen (secondary N) is 1. The Morgan fingerprint density at radius 1 is 1.04 bits per heavy atom. The predicted octanol–water partition coefficient (Wildman–Crippen LogP) is 3.95. The molecule has 0 aliphatic carbocycles. The van der Waals surface area contributed by atoms with Crippen LogP contribution in [-0.4, -0.2) is 19.6 Å². The van der Waals surface area contributed by atoms with Crippen molar-refractivity contribution in [2.45, 2.75) is 17.3 Å². The zero-order valence-electron chi connectivity index (χ0n) is 13.7. The molecule has 2 aromatic carbocycles. The van der Waals surface area contributed by atoms with Crippen LogP contribution in [-0.2, 0) is 12.2 Å². The lowest BCUT2D eigenvalue weighted by Gasteiger charge is -2.01. The van der Waals surface area contributed by atoms with E-state index in [0.717, 1.165) is 16.1 Å². The molecule has 1 N–H and O–H groups in total. The number of H-pyrrole nitrogens is 1. The predicted molar refractivity (Wildman–Crippen MR) is 104 cm³/mol. The number of hydrogen-bond acceptors (Lipinski definition) is 4. The number of aromatic nitrogens is 4. The van der Waals surface area contributed by atoms with Crippen LogP contribution in [0.25, 0.3) is 5.78 Å². The van der Waals surface area contributed by atoms with Gasteiger partial charge in [-0.15, -0.1) is 0 Å². The molecule has 0 amide bonds. The van der Waals surface area contributed by atoms with E-state index in [-0.39, 0.29) is 5.56 Å². The molecule has 0 saturated heterocycles. The van der Waals surface area contributed by atoms with Crippen LogP contribution < -0.4 is 5.56 Å². The summed E-state index contributed by atoms with van der Waals surface area (Å²) in [5.41, 5.74) is 2.66. The lowest BCUT2D eigenvalue weighted by atomic mass is 10.1. The molecule has 4 rings (SSSR count). The van der Waals surface area contributed by atoms with Crippen LogP contribution in [0.4, 0.5) is 0 Å². The molecule has 0 bridgehead atoms. The van der Waals surface area contributed by atoms with Gasteiger partial charge < -0.3 is 0 Å². The Morgan fingerprint density at radius 3 is 2.62 bits per heavy atom. The van der Waals surface area contributed by atoms with Gasteiger partial charge in [-0.3, -0.25) is 9.89 Å². The Kier molecular flexibility index (Phi) is 4.77. The number of rotatable bonds is 5. The Balaban J connectivity index is 1.58. The fourth-order valence-electron chi connectivity index (χ4n) is 2.63. The van der Waals surface area contributed by atoms with E-state index in [2.05, 4.69) is 15.1 Å². The zero-order valence-corrected chi connectivity index (χ0v) is 15.3. The highest BCUT2D eigenvalue weighted by molar-refractivity contribution is 7.98. The van der Waals surface area contributed by atoms with E-state index in [1.54, 1.807) is 6.07 Å². The molecule has 4 aromatic rings. The van der Waals surface area contributed by atoms with Gasteiger partial charge in [0.1, 0.15) is 0 Å². The average Bonchev–Trinajstić information content (AvgIpc) is 3.05. The van der Waals surface area contributed by atoms with Crippen molar-refractivity contribution < 1.29 is 0 Å². The summed E-state index contributed by atoms with van der Waals surface area (Å²) in [4.78, 5) is 21.3. The van der Waals surface area contributed by atoms with Crippen molar-refractivity contribution in [1.29, 1.82) is 0 Å². The van der Waals surface area contributed by atoms with Crippen molar-refractivity contribution >= 4 is 29.1 Å². The number of hydrogen-bond donors (Lipinski definition) is 1. The number of benzene rings is 2. The Bertz CT molecular complexity index is 1110. The molecule has 0 aliphatic heterocycles. The van der Waals surface area contributed by atoms with Crippen molar-refractivity contribution in [1.82, 2.24) is 19.6 Å². The molecule has 0 saturated carbocycles. The van der Waals surface area contributed by atoms with Gasteiger partial charge in [-0.25, -0.2) is 4.98 Å². The smallest absolute Gasteiger partial charge is 0.267 e. The first kappa shape index (κ1) is 16.9. The SMILES string of the molecule is O=c1cc(Cc2ccccc2)nc2nc(SCc3ccccc3Cl)[nH]n12. The summed E-state index contributed by atoms with van der Waals surface area (Å²) in [6.45, 7) is 0. The molecule has 2 heterocycles. The second kappa shape index (κ2) is 7.35. The summed E-state index contributed by atoms with van der Waals surface area (Å²) in [6.07, 6.45) is 0.599. The number of aromatic amines is 1. The van der Waals surface area contributed by atoms with Crippen molar-refractivity contribution in [2.75, 3.05) is 0 Å². The maximum Gasteiger partial charge on any atom is 0.274 e. The molecule has 0 atom stereocenters. The van der Waals surface area contributed by atoms with E-state index in [4.69, 9.17) is 11.6 Å². The molecule has 130 valence electrons. The van der Waals surface area contributed by atoms with Crippen molar-refractivity contribution in [3.63, 3.8) is 0 Å². The average molecular weight is 383 g/mol. The Hall–Kier alpha value is -2.57. The molecule has 5 nitrogen and oxygen atoms in total. The second-order valence-corrected chi connectivity index (χ2v) is 7.16.